The number of hydrogen-bond acceptors (Lipinski definition) is 3. The van der Waals surface area contributed by atoms with Gasteiger partial charge >= 0.3 is 0 Å². The van der Waals surface area contributed by atoms with Crippen molar-refractivity contribution in [1.29, 1.82) is 0 Å². The maximum absolute atomic E-state index is 5.46. The first-order valence-corrected chi connectivity index (χ1v) is 7.03. The van der Waals surface area contributed by atoms with Crippen LogP contribution in [0.25, 0.3) is 0 Å². The number of ether oxygens (including phenoxy) is 1. The summed E-state index contributed by atoms with van der Waals surface area (Å²) in [6.45, 7) is 10.6. The second-order valence-electron chi connectivity index (χ2n) is 5.69. The molecule has 3 heteroatoms. The number of hydrogen-bond donors (Lipinski definition) is 1. The molecule has 0 unspecified atom stereocenters. The topological polar surface area (TPSA) is 24.5 Å². The Bertz CT molecular complexity index is 388. The molecule has 0 spiro atoms. The third-order valence-corrected chi connectivity index (χ3v) is 3.36. The molecule has 3 nitrogen and oxygen atoms in total. The first-order chi connectivity index (χ1) is 8.93. The molecule has 0 radical (unpaired) electrons. The Labute approximate surface area is 118 Å². The van der Waals surface area contributed by atoms with E-state index < -0.39 is 0 Å². The van der Waals surface area contributed by atoms with Gasteiger partial charge < -0.3 is 10.1 Å². The van der Waals surface area contributed by atoms with Gasteiger partial charge in [-0.25, -0.2) is 0 Å². The third kappa shape index (κ3) is 5.21. The van der Waals surface area contributed by atoms with E-state index in [0.29, 0.717) is 12.1 Å². The summed E-state index contributed by atoms with van der Waals surface area (Å²) in [5.41, 5.74) is 2.56. The Morgan fingerprint density at radius 3 is 2.42 bits per heavy atom. The predicted octanol–water partition coefficient (Wildman–Crippen LogP) is 3.03. The minimum absolute atomic E-state index is 0.504. The van der Waals surface area contributed by atoms with Gasteiger partial charge in [0.25, 0.3) is 0 Å². The smallest absolute Gasteiger partial charge is 0.123 e. The summed E-state index contributed by atoms with van der Waals surface area (Å²) in [6, 6.07) is 7.48. The highest BCUT2D eigenvalue weighted by Gasteiger charge is 2.10. The van der Waals surface area contributed by atoms with Gasteiger partial charge in [0.05, 0.1) is 7.11 Å². The van der Waals surface area contributed by atoms with E-state index in [9.17, 15) is 0 Å². The van der Waals surface area contributed by atoms with Crippen molar-refractivity contribution in [1.82, 2.24) is 10.2 Å². The minimum Gasteiger partial charge on any atom is -0.496 e. The van der Waals surface area contributed by atoms with Crippen LogP contribution in [0.3, 0.4) is 0 Å². The normalized spacial score (nSPS) is 11.6. The van der Waals surface area contributed by atoms with Crippen molar-refractivity contribution in [3.8, 4) is 5.75 Å². The highest BCUT2D eigenvalue weighted by atomic mass is 16.5. The van der Waals surface area contributed by atoms with Crippen LogP contribution in [-0.2, 0) is 13.1 Å². The summed E-state index contributed by atoms with van der Waals surface area (Å²) in [7, 11) is 3.88. The molecule has 0 aromatic heterocycles. The zero-order chi connectivity index (χ0) is 14.4. The second-order valence-corrected chi connectivity index (χ2v) is 5.69. The molecule has 108 valence electrons. The van der Waals surface area contributed by atoms with Crippen LogP contribution in [0.2, 0.25) is 0 Å². The predicted molar refractivity (Wildman–Crippen MR) is 81.6 cm³/mol. The van der Waals surface area contributed by atoms with Crippen LogP contribution in [0.4, 0.5) is 0 Å². The highest BCUT2D eigenvalue weighted by molar-refractivity contribution is 5.37. The molecule has 0 amide bonds. The van der Waals surface area contributed by atoms with Crippen molar-refractivity contribution >= 4 is 0 Å². The van der Waals surface area contributed by atoms with Crippen LogP contribution in [0.1, 0.15) is 38.8 Å². The summed E-state index contributed by atoms with van der Waals surface area (Å²) in [5.74, 6) is 0.973. The van der Waals surface area contributed by atoms with Crippen LogP contribution in [0.5, 0.6) is 5.75 Å². The van der Waals surface area contributed by atoms with E-state index in [-0.39, 0.29) is 0 Å². The van der Waals surface area contributed by atoms with Crippen LogP contribution >= 0.6 is 0 Å². The molecular weight excluding hydrogens is 236 g/mol. The fraction of sp³-hybridized carbons (Fsp3) is 0.625. The molecule has 0 aliphatic rings. The van der Waals surface area contributed by atoms with E-state index in [2.05, 4.69) is 63.2 Å². The summed E-state index contributed by atoms with van der Waals surface area (Å²) in [4.78, 5) is 2.32. The Morgan fingerprint density at radius 2 is 1.89 bits per heavy atom. The van der Waals surface area contributed by atoms with Gasteiger partial charge in [-0.15, -0.1) is 0 Å². The van der Waals surface area contributed by atoms with Crippen LogP contribution in [0.15, 0.2) is 18.2 Å². The quantitative estimate of drug-likeness (QED) is 0.819. The largest absolute Gasteiger partial charge is 0.496 e. The molecule has 0 saturated carbocycles. The average Bonchev–Trinajstić information content (AvgIpc) is 2.36. The van der Waals surface area contributed by atoms with Gasteiger partial charge in [-0.1, -0.05) is 19.9 Å². The number of rotatable bonds is 7. The van der Waals surface area contributed by atoms with Crippen molar-refractivity contribution in [3.05, 3.63) is 29.3 Å². The minimum atomic E-state index is 0.504. The first-order valence-electron chi connectivity index (χ1n) is 7.03. The maximum atomic E-state index is 5.46. The average molecular weight is 264 g/mol. The van der Waals surface area contributed by atoms with Gasteiger partial charge in [0.2, 0.25) is 0 Å². The summed E-state index contributed by atoms with van der Waals surface area (Å²) in [6.07, 6.45) is 0. The Hall–Kier alpha value is -1.06. The van der Waals surface area contributed by atoms with Gasteiger partial charge in [0.1, 0.15) is 5.75 Å². The van der Waals surface area contributed by atoms with Crippen LogP contribution in [-0.4, -0.2) is 31.1 Å². The zero-order valence-corrected chi connectivity index (χ0v) is 13.2. The first kappa shape index (κ1) is 16.0. The zero-order valence-electron chi connectivity index (χ0n) is 13.2. The van der Waals surface area contributed by atoms with E-state index in [0.717, 1.165) is 18.8 Å². The van der Waals surface area contributed by atoms with E-state index in [4.69, 9.17) is 4.74 Å². The van der Waals surface area contributed by atoms with Crippen molar-refractivity contribution in [3.63, 3.8) is 0 Å². The second kappa shape index (κ2) is 7.51. The number of nitrogens with zero attached hydrogens (tertiary/aromatic N) is 1. The molecule has 1 aromatic rings. The fourth-order valence-electron chi connectivity index (χ4n) is 1.84. The Balaban J connectivity index is 2.83. The molecule has 0 heterocycles. The lowest BCUT2D eigenvalue weighted by Gasteiger charge is -2.22. The lowest BCUT2D eigenvalue weighted by atomic mass is 10.1. The van der Waals surface area contributed by atoms with Gasteiger partial charge in [-0.05, 0) is 38.6 Å². The van der Waals surface area contributed by atoms with Crippen molar-refractivity contribution in [2.75, 3.05) is 14.2 Å². The molecule has 0 fully saturated rings. The van der Waals surface area contributed by atoms with Gasteiger partial charge in [-0.3, -0.25) is 4.90 Å². The summed E-state index contributed by atoms with van der Waals surface area (Å²) >= 11 is 0. The molecule has 0 aliphatic heterocycles. The number of methoxy groups -OCH3 is 1. The Morgan fingerprint density at radius 1 is 1.21 bits per heavy atom. The SMILES string of the molecule is COc1ccc(CNC(C)C)cc1CN(C)C(C)C. The third-order valence-electron chi connectivity index (χ3n) is 3.36. The fourth-order valence-corrected chi connectivity index (χ4v) is 1.84. The molecule has 0 saturated heterocycles. The van der Waals surface area contributed by atoms with Crippen LogP contribution < -0.4 is 10.1 Å². The van der Waals surface area contributed by atoms with Crippen molar-refractivity contribution < 1.29 is 4.74 Å². The monoisotopic (exact) mass is 264 g/mol. The maximum Gasteiger partial charge on any atom is 0.123 e. The molecule has 0 bridgehead atoms. The standard InChI is InChI=1S/C16H28N2O/c1-12(2)17-10-14-7-8-16(19-6)15(9-14)11-18(5)13(3)4/h7-9,12-13,17H,10-11H2,1-6H3. The molecular formula is C16H28N2O. The summed E-state index contributed by atoms with van der Waals surface area (Å²) < 4.78 is 5.46. The number of nitrogens with one attached hydrogen (secondary N) is 1. The lowest BCUT2D eigenvalue weighted by molar-refractivity contribution is 0.261. The van der Waals surface area contributed by atoms with Gasteiger partial charge in [-0.2, -0.15) is 0 Å². The van der Waals surface area contributed by atoms with E-state index in [1.807, 2.05) is 0 Å². The van der Waals surface area contributed by atoms with Gasteiger partial charge in [0.15, 0.2) is 0 Å². The van der Waals surface area contributed by atoms with E-state index in [1.54, 1.807) is 7.11 Å². The van der Waals surface area contributed by atoms with Crippen molar-refractivity contribution in [2.45, 2.75) is 52.9 Å². The molecule has 1 aromatic carbocycles. The molecule has 19 heavy (non-hydrogen) atoms. The molecule has 0 atom stereocenters. The molecule has 1 N–H and O–H groups in total. The van der Waals surface area contributed by atoms with E-state index in [1.165, 1.54) is 11.1 Å². The number of benzene rings is 1. The van der Waals surface area contributed by atoms with Crippen molar-refractivity contribution in [2.24, 2.45) is 0 Å². The Kier molecular flexibility index (Phi) is 6.32. The highest BCUT2D eigenvalue weighted by Crippen LogP contribution is 2.22. The van der Waals surface area contributed by atoms with E-state index >= 15 is 0 Å². The van der Waals surface area contributed by atoms with Gasteiger partial charge in [0, 0.05) is 30.7 Å². The summed E-state index contributed by atoms with van der Waals surface area (Å²) in [5, 5.41) is 3.45. The lowest BCUT2D eigenvalue weighted by Crippen LogP contribution is -2.26. The molecule has 0 aliphatic carbocycles. The molecule has 1 rings (SSSR count). The van der Waals surface area contributed by atoms with Crippen LogP contribution in [0, 0.1) is 0 Å².